The van der Waals surface area contributed by atoms with Crippen LogP contribution in [0.15, 0.2) is 73.2 Å². The highest BCUT2D eigenvalue weighted by atomic mass is 16.6. The maximum Gasteiger partial charge on any atom is 0.355 e. The SMILES string of the molecule is O=C(NNc1ncnc(Nc2cccc3ccccc23)c1[N+](=O)[O-])c1ccccn1. The minimum absolute atomic E-state index is 0.0130. The van der Waals surface area contributed by atoms with E-state index in [0.717, 1.165) is 17.1 Å². The van der Waals surface area contributed by atoms with E-state index in [0.29, 0.717) is 5.69 Å². The van der Waals surface area contributed by atoms with Crippen LogP contribution in [0.25, 0.3) is 10.8 Å². The van der Waals surface area contributed by atoms with E-state index >= 15 is 0 Å². The minimum Gasteiger partial charge on any atom is -0.334 e. The molecule has 30 heavy (non-hydrogen) atoms. The summed E-state index contributed by atoms with van der Waals surface area (Å²) in [4.78, 5) is 35.1. The van der Waals surface area contributed by atoms with Gasteiger partial charge < -0.3 is 5.32 Å². The van der Waals surface area contributed by atoms with Crippen LogP contribution < -0.4 is 16.2 Å². The third kappa shape index (κ3) is 3.83. The van der Waals surface area contributed by atoms with Crippen LogP contribution in [0.5, 0.6) is 0 Å². The molecule has 3 N–H and O–H groups in total. The molecular formula is C20H15N7O3. The zero-order chi connectivity index (χ0) is 20.9. The number of amides is 1. The molecule has 0 spiro atoms. The normalized spacial score (nSPS) is 10.4. The second kappa shape index (κ2) is 8.19. The van der Waals surface area contributed by atoms with E-state index in [2.05, 4.69) is 31.1 Å². The highest BCUT2D eigenvalue weighted by molar-refractivity contribution is 5.96. The molecule has 4 rings (SSSR count). The van der Waals surface area contributed by atoms with Crippen molar-refractivity contribution in [3.05, 3.63) is 89.0 Å². The van der Waals surface area contributed by atoms with Crippen LogP contribution in [0.4, 0.5) is 23.0 Å². The molecule has 0 atom stereocenters. The number of carbonyl (C=O) groups excluding carboxylic acids is 1. The summed E-state index contributed by atoms with van der Waals surface area (Å²) < 4.78 is 0. The van der Waals surface area contributed by atoms with Crippen LogP contribution in [-0.4, -0.2) is 25.8 Å². The van der Waals surface area contributed by atoms with E-state index in [1.807, 2.05) is 36.4 Å². The molecular weight excluding hydrogens is 386 g/mol. The Bertz CT molecular complexity index is 1230. The lowest BCUT2D eigenvalue weighted by Crippen LogP contribution is -2.31. The summed E-state index contributed by atoms with van der Waals surface area (Å²) >= 11 is 0. The summed E-state index contributed by atoms with van der Waals surface area (Å²) in [7, 11) is 0. The fraction of sp³-hybridized carbons (Fsp3) is 0. The molecule has 0 unspecified atom stereocenters. The molecule has 0 saturated carbocycles. The smallest absolute Gasteiger partial charge is 0.334 e. The maximum atomic E-state index is 12.2. The highest BCUT2D eigenvalue weighted by Crippen LogP contribution is 2.33. The number of rotatable bonds is 6. The topological polar surface area (TPSA) is 135 Å². The molecule has 2 aromatic carbocycles. The maximum absolute atomic E-state index is 12.2. The zero-order valence-corrected chi connectivity index (χ0v) is 15.4. The Labute approximate surface area is 170 Å². The zero-order valence-electron chi connectivity index (χ0n) is 15.4. The van der Waals surface area contributed by atoms with Gasteiger partial charge in [0.15, 0.2) is 0 Å². The molecule has 0 fully saturated rings. The molecule has 0 aliphatic rings. The van der Waals surface area contributed by atoms with Gasteiger partial charge in [0.1, 0.15) is 12.0 Å². The Morgan fingerprint density at radius 3 is 2.47 bits per heavy atom. The van der Waals surface area contributed by atoms with Crippen LogP contribution in [0.2, 0.25) is 0 Å². The fourth-order valence-electron chi connectivity index (χ4n) is 2.87. The van der Waals surface area contributed by atoms with E-state index in [1.165, 1.54) is 12.3 Å². The van der Waals surface area contributed by atoms with Gasteiger partial charge in [0.25, 0.3) is 5.91 Å². The number of nitrogens with zero attached hydrogens (tertiary/aromatic N) is 4. The van der Waals surface area contributed by atoms with Gasteiger partial charge in [-0.05, 0) is 23.6 Å². The molecule has 10 nitrogen and oxygen atoms in total. The number of anilines is 3. The highest BCUT2D eigenvalue weighted by Gasteiger charge is 2.24. The van der Waals surface area contributed by atoms with Crippen LogP contribution in [0.3, 0.4) is 0 Å². The molecule has 10 heteroatoms. The Hall–Kier alpha value is -4.60. The minimum atomic E-state index is -0.622. The number of nitrogens with one attached hydrogen (secondary N) is 3. The van der Waals surface area contributed by atoms with E-state index < -0.39 is 16.5 Å². The molecule has 148 valence electrons. The standard InChI is InChI=1S/C20H15N7O3/c28-20(16-9-3-4-11-21-16)26-25-19-17(27(29)30)18(22-12-23-19)24-15-10-5-7-13-6-1-2-8-14(13)15/h1-12H,(H,26,28)(H2,22,23,24,25). The van der Waals surface area contributed by atoms with Gasteiger partial charge in [-0.25, -0.2) is 9.97 Å². The van der Waals surface area contributed by atoms with E-state index in [1.54, 1.807) is 18.2 Å². The lowest BCUT2D eigenvalue weighted by molar-refractivity contribution is -0.383. The average Bonchev–Trinajstić information content (AvgIpc) is 2.78. The van der Waals surface area contributed by atoms with Crippen molar-refractivity contribution >= 4 is 39.7 Å². The number of carbonyl (C=O) groups is 1. The number of aromatic nitrogens is 3. The summed E-state index contributed by atoms with van der Waals surface area (Å²) in [5.41, 5.74) is 5.23. The predicted octanol–water partition coefficient (Wildman–Crippen LogP) is 3.43. The Balaban J connectivity index is 1.63. The molecule has 0 bridgehead atoms. The van der Waals surface area contributed by atoms with E-state index in [-0.39, 0.29) is 17.3 Å². The largest absolute Gasteiger partial charge is 0.355 e. The third-order valence-electron chi connectivity index (χ3n) is 4.24. The number of nitro groups is 1. The molecule has 4 aromatic rings. The van der Waals surface area contributed by atoms with Crippen molar-refractivity contribution in [3.8, 4) is 0 Å². The number of hydrogen-bond acceptors (Lipinski definition) is 8. The van der Waals surface area contributed by atoms with Crippen LogP contribution in [-0.2, 0) is 0 Å². The molecule has 2 heterocycles. The van der Waals surface area contributed by atoms with Gasteiger partial charge in [-0.3, -0.25) is 30.7 Å². The summed E-state index contributed by atoms with van der Waals surface area (Å²) in [6.45, 7) is 0. The third-order valence-corrected chi connectivity index (χ3v) is 4.24. The number of pyridine rings is 1. The second-order valence-corrected chi connectivity index (χ2v) is 6.12. The Kier molecular flexibility index (Phi) is 5.12. The molecule has 0 aliphatic carbocycles. The fourth-order valence-corrected chi connectivity index (χ4v) is 2.87. The molecule has 0 saturated heterocycles. The second-order valence-electron chi connectivity index (χ2n) is 6.12. The van der Waals surface area contributed by atoms with Crippen molar-refractivity contribution in [2.45, 2.75) is 0 Å². The summed E-state index contributed by atoms with van der Waals surface area (Å²) in [5, 5.41) is 16.6. The van der Waals surface area contributed by atoms with Crippen LogP contribution >= 0.6 is 0 Å². The van der Waals surface area contributed by atoms with Crippen LogP contribution in [0.1, 0.15) is 10.5 Å². The van der Waals surface area contributed by atoms with Crippen molar-refractivity contribution in [2.24, 2.45) is 0 Å². The molecule has 0 radical (unpaired) electrons. The first kappa shape index (κ1) is 18.7. The van der Waals surface area contributed by atoms with E-state index in [4.69, 9.17) is 0 Å². The lowest BCUT2D eigenvalue weighted by atomic mass is 10.1. The van der Waals surface area contributed by atoms with Gasteiger partial charge in [-0.2, -0.15) is 0 Å². The van der Waals surface area contributed by atoms with E-state index in [9.17, 15) is 14.9 Å². The lowest BCUT2D eigenvalue weighted by Gasteiger charge is -2.12. The summed E-state index contributed by atoms with van der Waals surface area (Å²) in [6, 6.07) is 18.0. The number of benzene rings is 2. The molecule has 2 aromatic heterocycles. The Morgan fingerprint density at radius 2 is 1.67 bits per heavy atom. The monoisotopic (exact) mass is 401 g/mol. The first-order valence-corrected chi connectivity index (χ1v) is 8.85. The first-order valence-electron chi connectivity index (χ1n) is 8.85. The van der Waals surface area contributed by atoms with Crippen molar-refractivity contribution in [2.75, 3.05) is 10.7 Å². The van der Waals surface area contributed by atoms with Crippen LogP contribution in [0, 0.1) is 10.1 Å². The van der Waals surface area contributed by atoms with Crippen molar-refractivity contribution in [3.63, 3.8) is 0 Å². The molecule has 1 amide bonds. The quantitative estimate of drug-likeness (QED) is 0.330. The summed E-state index contributed by atoms with van der Waals surface area (Å²) in [5.74, 6) is -0.741. The van der Waals surface area contributed by atoms with Gasteiger partial charge in [-0.15, -0.1) is 0 Å². The van der Waals surface area contributed by atoms with Crippen molar-refractivity contribution in [1.29, 1.82) is 0 Å². The van der Waals surface area contributed by atoms with Crippen molar-refractivity contribution in [1.82, 2.24) is 20.4 Å². The Morgan fingerprint density at radius 1 is 0.900 bits per heavy atom. The molecule has 0 aliphatic heterocycles. The summed E-state index contributed by atoms with van der Waals surface area (Å²) in [6.07, 6.45) is 2.63. The average molecular weight is 401 g/mol. The first-order chi connectivity index (χ1) is 14.6. The number of fused-ring (bicyclic) bond motifs is 1. The van der Waals surface area contributed by atoms with Gasteiger partial charge in [0.2, 0.25) is 11.6 Å². The van der Waals surface area contributed by atoms with Gasteiger partial charge >= 0.3 is 5.69 Å². The van der Waals surface area contributed by atoms with Crippen molar-refractivity contribution < 1.29 is 9.72 Å². The predicted molar refractivity (Wildman–Crippen MR) is 111 cm³/mol. The van der Waals surface area contributed by atoms with Gasteiger partial charge in [-0.1, -0.05) is 42.5 Å². The number of hydrazine groups is 1. The number of hydrogen-bond donors (Lipinski definition) is 3. The van der Waals surface area contributed by atoms with Gasteiger partial charge in [0.05, 0.1) is 4.92 Å². The van der Waals surface area contributed by atoms with Gasteiger partial charge in [0, 0.05) is 17.3 Å².